The van der Waals surface area contributed by atoms with Crippen LogP contribution in [0.2, 0.25) is 0 Å². The first-order valence-electron chi connectivity index (χ1n) is 12.2. The lowest BCUT2D eigenvalue weighted by atomic mass is 10.1. The van der Waals surface area contributed by atoms with Crippen molar-refractivity contribution in [3.8, 4) is 0 Å². The van der Waals surface area contributed by atoms with Gasteiger partial charge in [0.05, 0.1) is 17.2 Å². The van der Waals surface area contributed by atoms with Gasteiger partial charge in [-0.3, -0.25) is 14.4 Å². The monoisotopic (exact) mass is 523 g/mol. The number of hydrogen-bond donors (Lipinski definition) is 2. The number of carbonyl (C=O) groups is 3. The van der Waals surface area contributed by atoms with Gasteiger partial charge < -0.3 is 20.4 Å². The molecule has 2 N–H and O–H groups in total. The molecule has 0 fully saturated rings. The zero-order chi connectivity index (χ0) is 27.2. The second-order valence-corrected chi connectivity index (χ2v) is 9.82. The lowest BCUT2D eigenvalue weighted by Crippen LogP contribution is -2.38. The number of thiazole rings is 1. The van der Waals surface area contributed by atoms with Crippen LogP contribution in [0.5, 0.6) is 0 Å². The highest BCUT2D eigenvalue weighted by molar-refractivity contribution is 7.09. The van der Waals surface area contributed by atoms with Crippen molar-refractivity contribution in [2.75, 3.05) is 33.2 Å². The topological polar surface area (TPSA) is 94.6 Å². The number of aryl methyl sites for hydroxylation is 1. The molecule has 1 unspecified atom stereocenters. The number of carbonyl (C=O) groups excluding carboxylic acids is 3. The summed E-state index contributed by atoms with van der Waals surface area (Å²) in [6.07, 6.45) is 6.75. The van der Waals surface area contributed by atoms with E-state index in [-0.39, 0.29) is 17.9 Å². The van der Waals surface area contributed by atoms with Crippen molar-refractivity contribution in [2.24, 2.45) is 0 Å². The van der Waals surface area contributed by atoms with E-state index in [0.29, 0.717) is 43.9 Å². The summed E-state index contributed by atoms with van der Waals surface area (Å²) in [5.74, 6) is -0.389. The van der Waals surface area contributed by atoms with Crippen LogP contribution in [0.1, 0.15) is 44.8 Å². The number of aromatic nitrogens is 1. The van der Waals surface area contributed by atoms with Gasteiger partial charge in [0.2, 0.25) is 6.41 Å². The summed E-state index contributed by atoms with van der Waals surface area (Å²) in [5, 5.41) is 9.19. The molecule has 2 rings (SSSR count). The number of nitrogens with zero attached hydrogens (tertiary/aromatic N) is 3. The molecule has 0 radical (unpaired) electrons. The smallest absolute Gasteiger partial charge is 0.253 e. The molecular weight excluding hydrogens is 486 g/mol. The Kier molecular flexibility index (Phi) is 12.5. The van der Waals surface area contributed by atoms with E-state index >= 15 is 0 Å². The standard InChI is InChI=1S/C28H37N5O3S/c1-6-9-23(7-2)17-33(20-34)15-14-29-21(3)12-13-30-27(35)24-10-8-11-25(16-24)28(36)32(5)18-26-19-37-22(4)31-26/h6-11,16,19-21,29H,1-2,12-15,17-18H2,3-5H3,(H,30,35)/b23-9+. The maximum Gasteiger partial charge on any atom is 0.253 e. The second-order valence-electron chi connectivity index (χ2n) is 8.76. The molecule has 0 saturated carbocycles. The molecule has 0 aliphatic carbocycles. The van der Waals surface area contributed by atoms with Crippen LogP contribution in [0.3, 0.4) is 0 Å². The van der Waals surface area contributed by atoms with Gasteiger partial charge in [0.15, 0.2) is 0 Å². The van der Waals surface area contributed by atoms with Gasteiger partial charge in [-0.05, 0) is 44.0 Å². The van der Waals surface area contributed by atoms with Gasteiger partial charge in [-0.1, -0.05) is 37.5 Å². The van der Waals surface area contributed by atoms with Gasteiger partial charge >= 0.3 is 0 Å². The van der Waals surface area contributed by atoms with E-state index in [1.165, 1.54) is 0 Å². The Morgan fingerprint density at radius 3 is 2.62 bits per heavy atom. The van der Waals surface area contributed by atoms with Crippen LogP contribution in [0.4, 0.5) is 0 Å². The molecule has 3 amide bonds. The van der Waals surface area contributed by atoms with Gasteiger partial charge in [0.1, 0.15) is 0 Å². The van der Waals surface area contributed by atoms with E-state index in [1.807, 2.05) is 25.3 Å². The highest BCUT2D eigenvalue weighted by Crippen LogP contribution is 2.13. The largest absolute Gasteiger partial charge is 0.352 e. The zero-order valence-corrected chi connectivity index (χ0v) is 22.7. The van der Waals surface area contributed by atoms with E-state index in [1.54, 1.807) is 64.6 Å². The Morgan fingerprint density at radius 2 is 1.97 bits per heavy atom. The molecule has 0 aliphatic rings. The summed E-state index contributed by atoms with van der Waals surface area (Å²) in [4.78, 5) is 44.5. The lowest BCUT2D eigenvalue weighted by molar-refractivity contribution is -0.117. The molecule has 8 nitrogen and oxygen atoms in total. The van der Waals surface area contributed by atoms with Crippen molar-refractivity contribution in [1.82, 2.24) is 25.4 Å². The third kappa shape index (κ3) is 10.1. The van der Waals surface area contributed by atoms with Crippen LogP contribution in [0, 0.1) is 6.92 Å². The molecule has 0 aliphatic heterocycles. The van der Waals surface area contributed by atoms with Crippen molar-refractivity contribution in [1.29, 1.82) is 0 Å². The minimum absolute atomic E-state index is 0.146. The fourth-order valence-corrected chi connectivity index (χ4v) is 4.21. The normalized spacial score (nSPS) is 11.9. The van der Waals surface area contributed by atoms with Crippen LogP contribution in [0.15, 0.2) is 66.6 Å². The summed E-state index contributed by atoms with van der Waals surface area (Å²) in [6, 6.07) is 6.89. The van der Waals surface area contributed by atoms with E-state index in [2.05, 4.69) is 28.8 Å². The Bertz CT molecular complexity index is 1110. The third-order valence-corrected chi connectivity index (χ3v) is 6.49. The first-order chi connectivity index (χ1) is 17.8. The van der Waals surface area contributed by atoms with Crippen LogP contribution < -0.4 is 10.6 Å². The number of amides is 3. The molecule has 1 atom stereocenters. The summed E-state index contributed by atoms with van der Waals surface area (Å²) in [7, 11) is 1.73. The third-order valence-electron chi connectivity index (χ3n) is 5.67. The number of nitrogens with one attached hydrogen (secondary N) is 2. The lowest BCUT2D eigenvalue weighted by Gasteiger charge is -2.20. The molecule has 1 heterocycles. The van der Waals surface area contributed by atoms with Gasteiger partial charge in [0, 0.05) is 55.8 Å². The zero-order valence-electron chi connectivity index (χ0n) is 21.9. The fraction of sp³-hybridized carbons (Fsp3) is 0.357. The molecule has 1 aromatic heterocycles. The summed E-state index contributed by atoms with van der Waals surface area (Å²) in [6.45, 7) is 13.9. The SMILES string of the molecule is C=C/C=C(\C=C)CN(C=O)CCNC(C)CCNC(=O)c1cccc(C(=O)N(C)Cc2csc(C)n2)c1. The minimum atomic E-state index is -0.224. The Labute approximate surface area is 223 Å². The molecule has 0 bridgehead atoms. The van der Waals surface area contributed by atoms with Crippen LogP contribution >= 0.6 is 11.3 Å². The predicted octanol–water partition coefficient (Wildman–Crippen LogP) is 3.58. The number of benzene rings is 1. The van der Waals surface area contributed by atoms with E-state index < -0.39 is 0 Å². The second kappa shape index (κ2) is 15.5. The maximum absolute atomic E-state index is 12.8. The molecule has 9 heteroatoms. The highest BCUT2D eigenvalue weighted by atomic mass is 32.1. The quantitative estimate of drug-likeness (QED) is 0.259. The van der Waals surface area contributed by atoms with Crippen molar-refractivity contribution in [2.45, 2.75) is 32.9 Å². The molecule has 2 aromatic rings. The van der Waals surface area contributed by atoms with E-state index in [4.69, 9.17) is 0 Å². The Hall–Kier alpha value is -3.56. The van der Waals surface area contributed by atoms with Crippen molar-refractivity contribution >= 4 is 29.6 Å². The van der Waals surface area contributed by atoms with Gasteiger partial charge in [-0.15, -0.1) is 11.3 Å². The summed E-state index contributed by atoms with van der Waals surface area (Å²) < 4.78 is 0. The number of allylic oxidation sites excluding steroid dienone is 2. The van der Waals surface area contributed by atoms with Crippen LogP contribution in [0.25, 0.3) is 0 Å². The maximum atomic E-state index is 12.8. The minimum Gasteiger partial charge on any atom is -0.352 e. The van der Waals surface area contributed by atoms with E-state index in [0.717, 1.165) is 29.1 Å². The number of rotatable bonds is 16. The molecule has 0 spiro atoms. The fourth-order valence-electron chi connectivity index (χ4n) is 3.61. The highest BCUT2D eigenvalue weighted by Gasteiger charge is 2.16. The van der Waals surface area contributed by atoms with Crippen LogP contribution in [-0.4, -0.2) is 72.3 Å². The number of hydrogen-bond acceptors (Lipinski definition) is 6. The van der Waals surface area contributed by atoms with Crippen molar-refractivity contribution < 1.29 is 14.4 Å². The van der Waals surface area contributed by atoms with Crippen molar-refractivity contribution in [3.05, 3.63) is 88.4 Å². The summed E-state index contributed by atoms with van der Waals surface area (Å²) >= 11 is 1.55. The Morgan fingerprint density at radius 1 is 1.22 bits per heavy atom. The summed E-state index contributed by atoms with van der Waals surface area (Å²) in [5.41, 5.74) is 2.67. The molecule has 198 valence electrons. The molecule has 1 aromatic carbocycles. The van der Waals surface area contributed by atoms with E-state index in [9.17, 15) is 14.4 Å². The van der Waals surface area contributed by atoms with Gasteiger partial charge in [-0.25, -0.2) is 4.98 Å². The predicted molar refractivity (Wildman–Crippen MR) is 150 cm³/mol. The molecule has 37 heavy (non-hydrogen) atoms. The first-order valence-corrected chi connectivity index (χ1v) is 13.1. The van der Waals surface area contributed by atoms with Crippen LogP contribution in [-0.2, 0) is 11.3 Å². The average Bonchev–Trinajstić information content (AvgIpc) is 3.31. The average molecular weight is 524 g/mol. The molecular formula is C28H37N5O3S. The molecule has 0 saturated heterocycles. The first kappa shape index (κ1) is 29.7. The van der Waals surface area contributed by atoms with Crippen molar-refractivity contribution in [3.63, 3.8) is 0 Å². The van der Waals surface area contributed by atoms with Gasteiger partial charge in [-0.2, -0.15) is 0 Å². The Balaban J connectivity index is 1.77. The van der Waals surface area contributed by atoms with Gasteiger partial charge in [0.25, 0.3) is 11.8 Å².